The van der Waals surface area contributed by atoms with Crippen molar-refractivity contribution < 1.29 is 14.6 Å². The fourth-order valence-corrected chi connectivity index (χ4v) is 3.08. The fraction of sp³-hybridized carbons (Fsp3) is 0.720. The van der Waals surface area contributed by atoms with Gasteiger partial charge in [0.1, 0.15) is 5.60 Å². The van der Waals surface area contributed by atoms with Crippen LogP contribution in [0.1, 0.15) is 122 Å². The molecule has 0 aromatic heterocycles. The van der Waals surface area contributed by atoms with Crippen LogP contribution >= 0.6 is 0 Å². The Balaban J connectivity index is 2.33. The molecule has 0 aliphatic carbocycles. The number of benzene rings is 1. The molecule has 0 bridgehead atoms. The third kappa shape index (κ3) is 10.4. The van der Waals surface area contributed by atoms with Crippen molar-refractivity contribution in [3.05, 3.63) is 35.4 Å². The zero-order chi connectivity index (χ0) is 21.0. The normalized spacial score (nSPS) is 12.4. The van der Waals surface area contributed by atoms with Gasteiger partial charge in [-0.15, -0.1) is 0 Å². The van der Waals surface area contributed by atoms with Gasteiger partial charge in [0.2, 0.25) is 0 Å². The van der Waals surface area contributed by atoms with Gasteiger partial charge in [0, 0.05) is 12.0 Å². The van der Waals surface area contributed by atoms with Crippen LogP contribution in [0.4, 0.5) is 0 Å². The first kappa shape index (κ1) is 24.8. The van der Waals surface area contributed by atoms with Gasteiger partial charge < -0.3 is 0 Å². The maximum absolute atomic E-state index is 12.4. The lowest BCUT2D eigenvalue weighted by molar-refractivity contribution is -0.401. The highest BCUT2D eigenvalue weighted by molar-refractivity contribution is 5.96. The topological polar surface area (TPSA) is 35.5 Å². The van der Waals surface area contributed by atoms with Crippen molar-refractivity contribution in [2.75, 3.05) is 0 Å². The highest BCUT2D eigenvalue weighted by atomic mass is 17.2. The third-order valence-electron chi connectivity index (χ3n) is 4.91. The molecule has 0 atom stereocenters. The van der Waals surface area contributed by atoms with Gasteiger partial charge in [0.25, 0.3) is 0 Å². The van der Waals surface area contributed by atoms with Crippen LogP contribution in [0, 0.1) is 0 Å². The van der Waals surface area contributed by atoms with Crippen LogP contribution in [0.2, 0.25) is 0 Å². The maximum atomic E-state index is 12.4. The first-order valence-electron chi connectivity index (χ1n) is 11.2. The third-order valence-corrected chi connectivity index (χ3v) is 4.91. The van der Waals surface area contributed by atoms with Crippen molar-refractivity contribution in [2.24, 2.45) is 0 Å². The van der Waals surface area contributed by atoms with Gasteiger partial charge in [-0.25, -0.2) is 9.78 Å². The molecule has 1 rings (SSSR count). The van der Waals surface area contributed by atoms with Crippen LogP contribution in [0.3, 0.4) is 0 Å². The lowest BCUT2D eigenvalue weighted by atomic mass is 9.95. The summed E-state index contributed by atoms with van der Waals surface area (Å²) in [6.07, 6.45) is 12.1. The average Bonchev–Trinajstić information content (AvgIpc) is 2.64. The highest BCUT2D eigenvalue weighted by Gasteiger charge is 2.26. The van der Waals surface area contributed by atoms with E-state index in [1.807, 2.05) is 58.9 Å². The zero-order valence-electron chi connectivity index (χ0n) is 19.1. The van der Waals surface area contributed by atoms with Gasteiger partial charge in [0.15, 0.2) is 5.78 Å². The van der Waals surface area contributed by atoms with E-state index in [1.54, 1.807) is 0 Å². The quantitative estimate of drug-likeness (QED) is 0.141. The molecule has 0 aliphatic rings. The minimum Gasteiger partial charge on any atom is -0.294 e. The summed E-state index contributed by atoms with van der Waals surface area (Å²) in [7, 11) is 0. The molecule has 1 aromatic carbocycles. The molecule has 3 nitrogen and oxygen atoms in total. The van der Waals surface area contributed by atoms with Crippen molar-refractivity contribution in [3.8, 4) is 0 Å². The summed E-state index contributed by atoms with van der Waals surface area (Å²) in [5.41, 5.74) is 0.863. The molecule has 0 fully saturated rings. The number of carbonyl (C=O) groups is 1. The van der Waals surface area contributed by atoms with E-state index in [9.17, 15) is 4.79 Å². The molecule has 0 heterocycles. The molecule has 0 N–H and O–H groups in total. The highest BCUT2D eigenvalue weighted by Crippen LogP contribution is 2.27. The monoisotopic (exact) mass is 390 g/mol. The molecular formula is C25H42O3. The van der Waals surface area contributed by atoms with Crippen LogP contribution in [-0.4, -0.2) is 11.4 Å². The smallest absolute Gasteiger partial charge is 0.162 e. The van der Waals surface area contributed by atoms with Crippen LogP contribution in [-0.2, 0) is 15.4 Å². The average molecular weight is 391 g/mol. The van der Waals surface area contributed by atoms with E-state index >= 15 is 0 Å². The summed E-state index contributed by atoms with van der Waals surface area (Å²) in [6.45, 7) is 12.1. The Morgan fingerprint density at radius 2 is 1.25 bits per heavy atom. The number of Topliss-reactive ketones (excluding diaryl/α,β-unsaturated/α-hetero) is 1. The Morgan fingerprint density at radius 1 is 0.750 bits per heavy atom. The molecule has 0 saturated heterocycles. The van der Waals surface area contributed by atoms with Crippen molar-refractivity contribution in [1.82, 2.24) is 0 Å². The second-order valence-corrected chi connectivity index (χ2v) is 9.37. The fourth-order valence-electron chi connectivity index (χ4n) is 3.08. The molecule has 1 aromatic rings. The first-order chi connectivity index (χ1) is 13.2. The summed E-state index contributed by atoms with van der Waals surface area (Å²) in [5, 5.41) is 0. The van der Waals surface area contributed by atoms with Gasteiger partial charge in [-0.2, -0.15) is 0 Å². The zero-order valence-corrected chi connectivity index (χ0v) is 19.1. The molecule has 0 amide bonds. The molecule has 3 heteroatoms. The molecular weight excluding hydrogens is 348 g/mol. The van der Waals surface area contributed by atoms with Crippen LogP contribution in [0.25, 0.3) is 0 Å². The summed E-state index contributed by atoms with van der Waals surface area (Å²) in [6, 6.07) is 7.76. The van der Waals surface area contributed by atoms with Crippen molar-refractivity contribution in [3.63, 3.8) is 0 Å². The number of rotatable bonds is 14. The standard InChI is InChI=1S/C25H42O3/c1-7-8-9-10-11-12-13-14-15-16-23(26)21-17-19-22(20-18-21)25(5,6)28-27-24(2,3)4/h17-20H,7-16H2,1-6H3. The number of ketones is 1. The first-order valence-corrected chi connectivity index (χ1v) is 11.2. The van der Waals surface area contributed by atoms with E-state index < -0.39 is 5.60 Å². The Morgan fingerprint density at radius 3 is 1.75 bits per heavy atom. The van der Waals surface area contributed by atoms with Gasteiger partial charge in [-0.3, -0.25) is 4.79 Å². The maximum Gasteiger partial charge on any atom is 0.162 e. The van der Waals surface area contributed by atoms with Gasteiger partial charge in [-0.1, -0.05) is 82.6 Å². The minimum absolute atomic E-state index is 0.235. The Hall–Kier alpha value is -1.19. The number of hydrogen-bond acceptors (Lipinski definition) is 3. The molecule has 0 aliphatic heterocycles. The Bertz CT molecular complexity index is 552. The molecule has 0 spiro atoms. The van der Waals surface area contributed by atoms with E-state index in [4.69, 9.17) is 9.78 Å². The molecule has 0 radical (unpaired) electrons. The summed E-state index contributed by atoms with van der Waals surface area (Å²) >= 11 is 0. The molecule has 28 heavy (non-hydrogen) atoms. The van der Waals surface area contributed by atoms with Crippen LogP contribution in [0.15, 0.2) is 24.3 Å². The van der Waals surface area contributed by atoms with Crippen molar-refractivity contribution in [1.29, 1.82) is 0 Å². The summed E-state index contributed by atoms with van der Waals surface area (Å²) in [4.78, 5) is 23.5. The number of hydrogen-bond donors (Lipinski definition) is 0. The predicted octanol–water partition coefficient (Wildman–Crippen LogP) is 7.77. The molecule has 0 unspecified atom stereocenters. The second kappa shape index (κ2) is 12.4. The number of carbonyl (C=O) groups excluding carboxylic acids is 1. The van der Waals surface area contributed by atoms with E-state index in [0.29, 0.717) is 6.42 Å². The van der Waals surface area contributed by atoms with E-state index in [2.05, 4.69) is 6.92 Å². The van der Waals surface area contributed by atoms with Gasteiger partial charge >= 0.3 is 0 Å². The Labute approximate surface area is 173 Å². The van der Waals surface area contributed by atoms with Crippen molar-refractivity contribution >= 4 is 5.78 Å². The van der Waals surface area contributed by atoms with Gasteiger partial charge in [-0.05, 0) is 46.6 Å². The van der Waals surface area contributed by atoms with E-state index in [1.165, 1.54) is 44.9 Å². The molecule has 0 saturated carbocycles. The Kier molecular flexibility index (Phi) is 11.0. The largest absolute Gasteiger partial charge is 0.294 e. The lowest BCUT2D eigenvalue weighted by Crippen LogP contribution is -2.28. The SMILES string of the molecule is CCCCCCCCCCCC(=O)c1ccc(C(C)(C)OOC(C)(C)C)cc1. The summed E-state index contributed by atoms with van der Waals surface area (Å²) < 4.78 is 0. The summed E-state index contributed by atoms with van der Waals surface area (Å²) in [5.74, 6) is 0.235. The molecule has 160 valence electrons. The van der Waals surface area contributed by atoms with Gasteiger partial charge in [0.05, 0.1) is 5.60 Å². The lowest BCUT2D eigenvalue weighted by Gasteiger charge is -2.29. The van der Waals surface area contributed by atoms with Crippen LogP contribution < -0.4 is 0 Å². The van der Waals surface area contributed by atoms with Crippen molar-refractivity contribution in [2.45, 2.75) is 117 Å². The predicted molar refractivity (Wildman–Crippen MR) is 118 cm³/mol. The van der Waals surface area contributed by atoms with E-state index in [-0.39, 0.29) is 11.4 Å². The van der Waals surface area contributed by atoms with Crippen LogP contribution in [0.5, 0.6) is 0 Å². The minimum atomic E-state index is -0.564. The van der Waals surface area contributed by atoms with E-state index in [0.717, 1.165) is 24.0 Å². The second-order valence-electron chi connectivity index (χ2n) is 9.37. The number of unbranched alkanes of at least 4 members (excludes halogenated alkanes) is 8.